The van der Waals surface area contributed by atoms with E-state index in [0.29, 0.717) is 22.7 Å². The molecule has 1 heterocycles. The number of fused-ring (bicyclic) bond motifs is 1. The maximum absolute atomic E-state index is 12.7. The number of carbonyl (C=O) groups excluding carboxylic acids is 1. The number of esters is 1. The SMILES string of the molecule is CCCCOC(=O)C(C)Sc1nc2ccccc2c(=O)n1C(C)C. The van der Waals surface area contributed by atoms with E-state index in [9.17, 15) is 9.59 Å². The first-order valence-electron chi connectivity index (χ1n) is 8.30. The first-order chi connectivity index (χ1) is 11.5. The van der Waals surface area contributed by atoms with E-state index in [1.54, 1.807) is 17.6 Å². The Kier molecular flexibility index (Phi) is 6.43. The number of carbonyl (C=O) groups is 1. The van der Waals surface area contributed by atoms with Crippen molar-refractivity contribution in [3.05, 3.63) is 34.6 Å². The van der Waals surface area contributed by atoms with Crippen LogP contribution in [0.5, 0.6) is 0 Å². The van der Waals surface area contributed by atoms with Gasteiger partial charge >= 0.3 is 5.97 Å². The molecule has 2 rings (SSSR count). The largest absolute Gasteiger partial charge is 0.465 e. The molecule has 0 bridgehead atoms. The summed E-state index contributed by atoms with van der Waals surface area (Å²) in [7, 11) is 0. The molecule has 0 fully saturated rings. The van der Waals surface area contributed by atoms with Crippen LogP contribution in [-0.4, -0.2) is 27.4 Å². The number of hydrogen-bond acceptors (Lipinski definition) is 5. The van der Waals surface area contributed by atoms with E-state index in [2.05, 4.69) is 4.98 Å². The Morgan fingerprint density at radius 3 is 2.67 bits per heavy atom. The molecule has 0 saturated carbocycles. The van der Waals surface area contributed by atoms with Gasteiger partial charge in [-0.3, -0.25) is 14.2 Å². The van der Waals surface area contributed by atoms with Crippen LogP contribution in [0.2, 0.25) is 0 Å². The Bertz CT molecular complexity index is 770. The third kappa shape index (κ3) is 4.17. The van der Waals surface area contributed by atoms with Crippen molar-refractivity contribution in [1.29, 1.82) is 0 Å². The van der Waals surface area contributed by atoms with Crippen LogP contribution >= 0.6 is 11.8 Å². The zero-order chi connectivity index (χ0) is 17.7. The molecule has 0 aliphatic rings. The maximum atomic E-state index is 12.7. The van der Waals surface area contributed by atoms with Crippen LogP contribution in [0.3, 0.4) is 0 Å². The summed E-state index contributed by atoms with van der Waals surface area (Å²) in [6, 6.07) is 7.23. The second kappa shape index (κ2) is 8.33. The molecule has 0 amide bonds. The summed E-state index contributed by atoms with van der Waals surface area (Å²) in [6.07, 6.45) is 1.84. The molecule has 6 heteroatoms. The number of thioether (sulfide) groups is 1. The lowest BCUT2D eigenvalue weighted by Gasteiger charge is -2.18. The smallest absolute Gasteiger partial charge is 0.319 e. The van der Waals surface area contributed by atoms with Gasteiger partial charge in [0.2, 0.25) is 0 Å². The van der Waals surface area contributed by atoms with E-state index < -0.39 is 5.25 Å². The molecule has 0 spiro atoms. The third-order valence-electron chi connectivity index (χ3n) is 3.65. The zero-order valence-electron chi connectivity index (χ0n) is 14.6. The Labute approximate surface area is 146 Å². The van der Waals surface area contributed by atoms with Crippen LogP contribution in [0.4, 0.5) is 0 Å². The highest BCUT2D eigenvalue weighted by Crippen LogP contribution is 2.25. The van der Waals surface area contributed by atoms with Crippen LogP contribution in [0, 0.1) is 0 Å². The molecule has 2 aromatic rings. The van der Waals surface area contributed by atoms with Crippen molar-refractivity contribution >= 4 is 28.6 Å². The van der Waals surface area contributed by atoms with Crippen LogP contribution in [-0.2, 0) is 9.53 Å². The van der Waals surface area contributed by atoms with Gasteiger partial charge in [-0.05, 0) is 39.3 Å². The standard InChI is InChI=1S/C18H24N2O3S/c1-5-6-11-23-17(22)13(4)24-18-19-15-10-8-7-9-14(15)16(21)20(18)12(2)3/h7-10,12-13H,5-6,11H2,1-4H3. The van der Waals surface area contributed by atoms with Gasteiger partial charge in [0.05, 0.1) is 17.5 Å². The number of hydrogen-bond donors (Lipinski definition) is 0. The van der Waals surface area contributed by atoms with Crippen molar-refractivity contribution in [3.63, 3.8) is 0 Å². The van der Waals surface area contributed by atoms with Gasteiger partial charge in [-0.1, -0.05) is 37.2 Å². The molecular formula is C18H24N2O3S. The quantitative estimate of drug-likeness (QED) is 0.330. The minimum Gasteiger partial charge on any atom is -0.465 e. The van der Waals surface area contributed by atoms with Crippen LogP contribution in [0.15, 0.2) is 34.2 Å². The Morgan fingerprint density at radius 2 is 2.00 bits per heavy atom. The Balaban J connectivity index is 2.32. The van der Waals surface area contributed by atoms with E-state index in [1.807, 2.05) is 39.0 Å². The lowest BCUT2D eigenvalue weighted by atomic mass is 10.2. The summed E-state index contributed by atoms with van der Waals surface area (Å²) in [5.74, 6) is -0.272. The molecule has 0 aliphatic heterocycles. The average molecular weight is 348 g/mol. The van der Waals surface area contributed by atoms with Gasteiger partial charge in [0.25, 0.3) is 5.56 Å². The lowest BCUT2D eigenvalue weighted by molar-refractivity contribution is -0.142. The summed E-state index contributed by atoms with van der Waals surface area (Å²) in [5.41, 5.74) is 0.568. The summed E-state index contributed by atoms with van der Waals surface area (Å²) < 4.78 is 6.90. The van der Waals surface area contributed by atoms with Gasteiger partial charge in [-0.25, -0.2) is 4.98 Å². The summed E-state index contributed by atoms with van der Waals surface area (Å²) in [5, 5.41) is 0.724. The lowest BCUT2D eigenvalue weighted by Crippen LogP contribution is -2.27. The molecule has 1 atom stereocenters. The van der Waals surface area contributed by atoms with Crippen LogP contribution in [0.1, 0.15) is 46.6 Å². The molecule has 1 aromatic heterocycles. The first kappa shape index (κ1) is 18.5. The van der Waals surface area contributed by atoms with Gasteiger partial charge in [0.15, 0.2) is 5.16 Å². The highest BCUT2D eigenvalue weighted by atomic mass is 32.2. The second-order valence-corrected chi connectivity index (χ2v) is 7.27. The molecule has 0 N–H and O–H groups in total. The highest BCUT2D eigenvalue weighted by Gasteiger charge is 2.21. The molecule has 0 aliphatic carbocycles. The normalized spacial score (nSPS) is 12.5. The van der Waals surface area contributed by atoms with Crippen molar-refractivity contribution in [3.8, 4) is 0 Å². The first-order valence-corrected chi connectivity index (χ1v) is 9.18. The predicted molar refractivity (Wildman–Crippen MR) is 97.6 cm³/mol. The van der Waals surface area contributed by atoms with Crippen molar-refractivity contribution in [2.24, 2.45) is 0 Å². The Hall–Kier alpha value is -1.82. The van der Waals surface area contributed by atoms with Gasteiger partial charge in [-0.2, -0.15) is 0 Å². The number of ether oxygens (including phenoxy) is 1. The number of benzene rings is 1. The van der Waals surface area contributed by atoms with E-state index >= 15 is 0 Å². The summed E-state index contributed by atoms with van der Waals surface area (Å²) >= 11 is 1.27. The number of rotatable bonds is 7. The topological polar surface area (TPSA) is 61.2 Å². The molecule has 130 valence electrons. The van der Waals surface area contributed by atoms with E-state index in [-0.39, 0.29) is 17.6 Å². The molecule has 1 unspecified atom stereocenters. The second-order valence-electron chi connectivity index (χ2n) is 5.96. The average Bonchev–Trinajstić information content (AvgIpc) is 2.54. The molecule has 5 nitrogen and oxygen atoms in total. The van der Waals surface area contributed by atoms with Gasteiger partial charge in [0.1, 0.15) is 5.25 Å². The summed E-state index contributed by atoms with van der Waals surface area (Å²) in [4.78, 5) is 29.4. The molecule has 24 heavy (non-hydrogen) atoms. The van der Waals surface area contributed by atoms with E-state index in [1.165, 1.54) is 11.8 Å². The monoisotopic (exact) mass is 348 g/mol. The predicted octanol–water partition coefficient (Wildman–Crippen LogP) is 3.80. The molecular weight excluding hydrogens is 324 g/mol. The fourth-order valence-electron chi connectivity index (χ4n) is 2.30. The van der Waals surface area contributed by atoms with Crippen molar-refractivity contribution < 1.29 is 9.53 Å². The highest BCUT2D eigenvalue weighted by molar-refractivity contribution is 8.00. The fraction of sp³-hybridized carbons (Fsp3) is 0.500. The third-order valence-corrected chi connectivity index (χ3v) is 4.69. The van der Waals surface area contributed by atoms with E-state index in [0.717, 1.165) is 12.8 Å². The van der Waals surface area contributed by atoms with Crippen LogP contribution < -0.4 is 5.56 Å². The van der Waals surface area contributed by atoms with Crippen molar-refractivity contribution in [1.82, 2.24) is 9.55 Å². The maximum Gasteiger partial charge on any atom is 0.319 e. The molecule has 1 aromatic carbocycles. The number of aromatic nitrogens is 2. The van der Waals surface area contributed by atoms with Gasteiger partial charge in [-0.15, -0.1) is 0 Å². The number of nitrogens with zero attached hydrogens (tertiary/aromatic N) is 2. The van der Waals surface area contributed by atoms with Crippen molar-refractivity contribution in [2.75, 3.05) is 6.61 Å². The minimum absolute atomic E-state index is 0.0413. The molecule has 0 radical (unpaired) electrons. The summed E-state index contributed by atoms with van der Waals surface area (Å²) in [6.45, 7) is 8.14. The number of unbranched alkanes of at least 4 members (excludes halogenated alkanes) is 1. The molecule has 0 saturated heterocycles. The number of para-hydroxylation sites is 1. The van der Waals surface area contributed by atoms with E-state index in [4.69, 9.17) is 4.74 Å². The van der Waals surface area contributed by atoms with Gasteiger partial charge in [0, 0.05) is 6.04 Å². The Morgan fingerprint density at radius 1 is 1.29 bits per heavy atom. The van der Waals surface area contributed by atoms with Crippen LogP contribution in [0.25, 0.3) is 10.9 Å². The van der Waals surface area contributed by atoms with Gasteiger partial charge < -0.3 is 4.74 Å². The zero-order valence-corrected chi connectivity index (χ0v) is 15.4. The minimum atomic E-state index is -0.417. The fourth-order valence-corrected chi connectivity index (χ4v) is 3.34. The van der Waals surface area contributed by atoms with Crippen molar-refractivity contribution in [2.45, 2.75) is 57.0 Å².